The lowest BCUT2D eigenvalue weighted by atomic mass is 10.1. The number of aromatic amines is 1. The van der Waals surface area contributed by atoms with Gasteiger partial charge in [-0.3, -0.25) is 19.0 Å². The van der Waals surface area contributed by atoms with Crippen LogP contribution in [0.3, 0.4) is 0 Å². The fourth-order valence-corrected chi connectivity index (χ4v) is 3.54. The van der Waals surface area contributed by atoms with E-state index in [1.807, 2.05) is 6.20 Å². The molecular formula is C15H16N6O4S. The number of nitrogens with one attached hydrogen (secondary N) is 2. The summed E-state index contributed by atoms with van der Waals surface area (Å²) >= 11 is 1.21. The minimum Gasteiger partial charge on any atom is -0.381 e. The average Bonchev–Trinajstić information content (AvgIpc) is 3.41. The molecular weight excluding hydrogens is 360 g/mol. The Labute approximate surface area is 151 Å². The number of aromatic nitrogens is 5. The Morgan fingerprint density at radius 3 is 3.15 bits per heavy atom. The summed E-state index contributed by atoms with van der Waals surface area (Å²) in [4.78, 5) is 26.9. The molecule has 0 radical (unpaired) electrons. The van der Waals surface area contributed by atoms with Crippen LogP contribution in [-0.2, 0) is 17.8 Å². The van der Waals surface area contributed by atoms with Gasteiger partial charge in [-0.05, 0) is 18.6 Å². The lowest BCUT2D eigenvalue weighted by molar-refractivity contribution is 0.0954. The van der Waals surface area contributed by atoms with Crippen molar-refractivity contribution in [1.82, 2.24) is 30.5 Å². The summed E-state index contributed by atoms with van der Waals surface area (Å²) in [7, 11) is 0. The molecule has 3 aromatic rings. The standard InChI is InChI=1S/C15H16N6O4S/c22-14(12-2-1-11(26-12)13-17-15(23)25-19-13)16-5-10-7-21(20-18-10)6-9-3-4-24-8-9/h1-2,7,9H,3-6,8H2,(H,16,22)(H,17,19,23). The Kier molecular flexibility index (Phi) is 4.63. The van der Waals surface area contributed by atoms with Gasteiger partial charge in [-0.25, -0.2) is 4.79 Å². The molecule has 1 amide bonds. The van der Waals surface area contributed by atoms with Gasteiger partial charge in [0.15, 0.2) is 5.82 Å². The first-order valence-corrected chi connectivity index (χ1v) is 8.90. The van der Waals surface area contributed by atoms with Crippen molar-refractivity contribution in [3.63, 3.8) is 0 Å². The molecule has 11 heteroatoms. The van der Waals surface area contributed by atoms with E-state index in [-0.39, 0.29) is 12.5 Å². The van der Waals surface area contributed by atoms with Gasteiger partial charge < -0.3 is 10.1 Å². The van der Waals surface area contributed by atoms with E-state index >= 15 is 0 Å². The second kappa shape index (κ2) is 7.22. The topological polar surface area (TPSA) is 128 Å². The number of rotatable bonds is 6. The molecule has 3 aromatic heterocycles. The van der Waals surface area contributed by atoms with Gasteiger partial charge >= 0.3 is 5.76 Å². The van der Waals surface area contributed by atoms with Crippen molar-refractivity contribution in [3.05, 3.63) is 39.5 Å². The molecule has 4 rings (SSSR count). The van der Waals surface area contributed by atoms with Crippen LogP contribution in [0.5, 0.6) is 0 Å². The van der Waals surface area contributed by atoms with Crippen LogP contribution in [0, 0.1) is 5.92 Å². The van der Waals surface area contributed by atoms with Crippen LogP contribution in [-0.4, -0.2) is 44.3 Å². The molecule has 0 bridgehead atoms. The summed E-state index contributed by atoms with van der Waals surface area (Å²) in [5.74, 6) is -0.0953. The normalized spacial score (nSPS) is 16.8. The van der Waals surface area contributed by atoms with Gasteiger partial charge in [-0.15, -0.1) is 16.4 Å². The molecule has 2 N–H and O–H groups in total. The smallest absolute Gasteiger partial charge is 0.381 e. The van der Waals surface area contributed by atoms with E-state index in [9.17, 15) is 9.59 Å². The van der Waals surface area contributed by atoms with Gasteiger partial charge in [-0.2, -0.15) is 0 Å². The number of ether oxygens (including phenoxy) is 1. The van der Waals surface area contributed by atoms with E-state index in [4.69, 9.17) is 4.74 Å². The third kappa shape index (κ3) is 3.73. The Morgan fingerprint density at radius 2 is 2.38 bits per heavy atom. The van der Waals surface area contributed by atoms with Crippen molar-refractivity contribution in [3.8, 4) is 10.7 Å². The van der Waals surface area contributed by atoms with Crippen molar-refractivity contribution in [2.45, 2.75) is 19.5 Å². The number of hydrogen-bond acceptors (Lipinski definition) is 8. The molecule has 4 heterocycles. The molecule has 0 spiro atoms. The minimum absolute atomic E-state index is 0.231. The van der Waals surface area contributed by atoms with Crippen LogP contribution in [0.25, 0.3) is 10.7 Å². The maximum atomic E-state index is 12.3. The number of amides is 1. The van der Waals surface area contributed by atoms with E-state index in [1.165, 1.54) is 11.3 Å². The van der Waals surface area contributed by atoms with Crippen molar-refractivity contribution in [2.24, 2.45) is 5.92 Å². The van der Waals surface area contributed by atoms with Gasteiger partial charge in [0.1, 0.15) is 5.69 Å². The highest BCUT2D eigenvalue weighted by Gasteiger charge is 2.17. The Morgan fingerprint density at radius 1 is 1.46 bits per heavy atom. The van der Waals surface area contributed by atoms with Crippen LogP contribution < -0.4 is 11.1 Å². The van der Waals surface area contributed by atoms with E-state index in [0.29, 0.717) is 27.2 Å². The van der Waals surface area contributed by atoms with Crippen molar-refractivity contribution < 1.29 is 14.1 Å². The van der Waals surface area contributed by atoms with Crippen LogP contribution >= 0.6 is 11.3 Å². The third-order valence-corrected chi connectivity index (χ3v) is 5.08. The second-order valence-corrected chi connectivity index (χ2v) is 7.04. The van der Waals surface area contributed by atoms with Crippen molar-refractivity contribution >= 4 is 17.2 Å². The molecule has 0 aliphatic carbocycles. The molecule has 1 fully saturated rings. The maximum Gasteiger partial charge on any atom is 0.439 e. The third-order valence-electron chi connectivity index (χ3n) is 3.99. The van der Waals surface area contributed by atoms with Gasteiger partial charge in [0.05, 0.1) is 29.1 Å². The molecule has 1 aliphatic heterocycles. The zero-order valence-electron chi connectivity index (χ0n) is 13.7. The van der Waals surface area contributed by atoms with Gasteiger partial charge in [-0.1, -0.05) is 10.4 Å². The highest BCUT2D eigenvalue weighted by atomic mass is 32.1. The molecule has 0 saturated carbocycles. The molecule has 26 heavy (non-hydrogen) atoms. The first-order chi connectivity index (χ1) is 12.7. The molecule has 0 aromatic carbocycles. The highest BCUT2D eigenvalue weighted by molar-refractivity contribution is 7.17. The van der Waals surface area contributed by atoms with E-state index < -0.39 is 5.76 Å². The van der Waals surface area contributed by atoms with Crippen LogP contribution in [0.2, 0.25) is 0 Å². The first kappa shape index (κ1) is 16.7. The molecule has 1 saturated heterocycles. The number of thiophene rings is 1. The fraction of sp³-hybridized carbons (Fsp3) is 0.400. The van der Waals surface area contributed by atoms with Crippen LogP contribution in [0.1, 0.15) is 21.8 Å². The van der Waals surface area contributed by atoms with Gasteiger partial charge in [0, 0.05) is 19.1 Å². The van der Waals surface area contributed by atoms with Gasteiger partial charge in [0.25, 0.3) is 5.91 Å². The monoisotopic (exact) mass is 376 g/mol. The van der Waals surface area contributed by atoms with Crippen LogP contribution in [0.15, 0.2) is 27.6 Å². The summed E-state index contributed by atoms with van der Waals surface area (Å²) in [6, 6.07) is 3.37. The SMILES string of the molecule is O=C(NCc1cn(CC2CCOC2)nn1)c1ccc(-c2noc(=O)[nH]2)s1. The number of hydrogen-bond donors (Lipinski definition) is 2. The highest BCUT2D eigenvalue weighted by Crippen LogP contribution is 2.24. The summed E-state index contributed by atoms with van der Waals surface area (Å²) in [5.41, 5.74) is 0.690. The Balaban J connectivity index is 1.33. The predicted molar refractivity (Wildman–Crippen MR) is 90.6 cm³/mol. The molecule has 10 nitrogen and oxygen atoms in total. The number of H-pyrrole nitrogens is 1. The molecule has 1 atom stereocenters. The van der Waals surface area contributed by atoms with Crippen LogP contribution in [0.4, 0.5) is 0 Å². The van der Waals surface area contributed by atoms with Gasteiger partial charge in [0.2, 0.25) is 0 Å². The predicted octanol–water partition coefficient (Wildman–Crippen LogP) is 0.649. The number of carbonyl (C=O) groups is 1. The lowest BCUT2D eigenvalue weighted by Crippen LogP contribution is -2.22. The van der Waals surface area contributed by atoms with Crippen molar-refractivity contribution in [1.29, 1.82) is 0 Å². The summed E-state index contributed by atoms with van der Waals surface area (Å²) in [6.45, 7) is 2.61. The Hall–Kier alpha value is -2.79. The number of carbonyl (C=O) groups excluding carboxylic acids is 1. The van der Waals surface area contributed by atoms with E-state index in [0.717, 1.165) is 26.2 Å². The summed E-state index contributed by atoms with van der Waals surface area (Å²) in [6.07, 6.45) is 2.86. The summed E-state index contributed by atoms with van der Waals surface area (Å²) in [5, 5.41) is 14.6. The largest absolute Gasteiger partial charge is 0.439 e. The fourth-order valence-electron chi connectivity index (χ4n) is 2.68. The molecule has 1 aliphatic rings. The van der Waals surface area contributed by atoms with Crippen molar-refractivity contribution in [2.75, 3.05) is 13.2 Å². The zero-order valence-corrected chi connectivity index (χ0v) is 14.5. The lowest BCUT2D eigenvalue weighted by Gasteiger charge is -2.05. The molecule has 136 valence electrons. The average molecular weight is 376 g/mol. The summed E-state index contributed by atoms with van der Waals surface area (Å²) < 4.78 is 11.6. The maximum absolute atomic E-state index is 12.3. The Bertz CT molecular complexity index is 951. The quantitative estimate of drug-likeness (QED) is 0.646. The first-order valence-electron chi connectivity index (χ1n) is 8.08. The number of nitrogens with zero attached hydrogens (tertiary/aromatic N) is 4. The molecule has 1 unspecified atom stereocenters. The van der Waals surface area contributed by atoms with E-state index in [2.05, 4.69) is 30.3 Å². The van der Waals surface area contributed by atoms with E-state index in [1.54, 1.807) is 16.8 Å². The zero-order chi connectivity index (χ0) is 17.9. The minimum atomic E-state index is -0.633. The second-order valence-electron chi connectivity index (χ2n) is 5.95.